The number of rotatable bonds is 12. The number of hydrogen-bond acceptors (Lipinski definition) is 4. The van der Waals surface area contributed by atoms with Gasteiger partial charge in [0.2, 0.25) is 0 Å². The Hall–Kier alpha value is -1.52. The summed E-state index contributed by atoms with van der Waals surface area (Å²) < 4.78 is 16.6. The van der Waals surface area contributed by atoms with Crippen LogP contribution in [-0.4, -0.2) is 39.5 Å². The highest BCUT2D eigenvalue weighted by Gasteiger charge is 2.05. The van der Waals surface area contributed by atoms with Crippen LogP contribution in [-0.2, 0) is 11.2 Å². The molecule has 0 aliphatic rings. The lowest BCUT2D eigenvalue weighted by Crippen LogP contribution is -2.29. The van der Waals surface area contributed by atoms with E-state index in [0.29, 0.717) is 25.9 Å². The normalized spacial score (nSPS) is 12.0. The molecule has 1 aromatic carbocycles. The molecule has 0 spiro atoms. The van der Waals surface area contributed by atoms with Gasteiger partial charge in [0.15, 0.2) is 11.5 Å². The van der Waals surface area contributed by atoms with Crippen LogP contribution in [0.1, 0.15) is 25.8 Å². The average Bonchev–Trinajstić information content (AvgIpc) is 2.54. The summed E-state index contributed by atoms with van der Waals surface area (Å²) in [7, 11) is 1.65. The Morgan fingerprint density at radius 3 is 2.73 bits per heavy atom. The van der Waals surface area contributed by atoms with Gasteiger partial charge in [0, 0.05) is 12.6 Å². The molecule has 0 unspecified atom stereocenters. The predicted octanol–water partition coefficient (Wildman–Crippen LogP) is 3.21. The first-order chi connectivity index (χ1) is 10.7. The van der Waals surface area contributed by atoms with Crippen LogP contribution in [0.4, 0.5) is 0 Å². The van der Waals surface area contributed by atoms with Gasteiger partial charge < -0.3 is 19.5 Å². The molecule has 0 aliphatic heterocycles. The number of ether oxygens (including phenoxy) is 3. The first-order valence-electron chi connectivity index (χ1n) is 7.93. The van der Waals surface area contributed by atoms with Crippen molar-refractivity contribution in [3.05, 3.63) is 36.4 Å². The number of hydrogen-bond donors (Lipinski definition) is 1. The molecule has 4 heteroatoms. The van der Waals surface area contributed by atoms with Crippen molar-refractivity contribution >= 4 is 0 Å². The van der Waals surface area contributed by atoms with Crippen molar-refractivity contribution in [2.45, 2.75) is 32.7 Å². The maximum atomic E-state index is 5.71. The molecule has 1 aromatic rings. The van der Waals surface area contributed by atoms with Crippen LogP contribution >= 0.6 is 0 Å². The summed E-state index contributed by atoms with van der Waals surface area (Å²) in [5.41, 5.74) is 1.16. The Bertz CT molecular complexity index is 434. The molecule has 0 aliphatic carbocycles. The highest BCUT2D eigenvalue weighted by molar-refractivity contribution is 5.43. The van der Waals surface area contributed by atoms with Gasteiger partial charge in [-0.1, -0.05) is 19.1 Å². The van der Waals surface area contributed by atoms with Gasteiger partial charge in [0.1, 0.15) is 6.61 Å². The van der Waals surface area contributed by atoms with Crippen molar-refractivity contribution in [1.82, 2.24) is 5.32 Å². The van der Waals surface area contributed by atoms with Gasteiger partial charge in [-0.3, -0.25) is 0 Å². The van der Waals surface area contributed by atoms with Crippen LogP contribution in [0.5, 0.6) is 11.5 Å². The van der Waals surface area contributed by atoms with Crippen LogP contribution in [0.3, 0.4) is 0 Å². The molecule has 4 nitrogen and oxygen atoms in total. The van der Waals surface area contributed by atoms with E-state index in [1.807, 2.05) is 24.3 Å². The zero-order valence-electron chi connectivity index (χ0n) is 14.1. The largest absolute Gasteiger partial charge is 0.493 e. The number of nitrogens with one attached hydrogen (secondary N) is 1. The molecule has 0 saturated heterocycles. The van der Waals surface area contributed by atoms with Gasteiger partial charge in [-0.2, -0.15) is 0 Å². The summed E-state index contributed by atoms with van der Waals surface area (Å²) in [5.74, 6) is 1.49. The Balaban J connectivity index is 2.25. The second-order valence-corrected chi connectivity index (χ2v) is 5.20. The summed E-state index contributed by atoms with van der Waals surface area (Å²) in [4.78, 5) is 0. The van der Waals surface area contributed by atoms with Gasteiger partial charge in [-0.25, -0.2) is 0 Å². The van der Waals surface area contributed by atoms with Crippen molar-refractivity contribution in [3.63, 3.8) is 0 Å². The molecular formula is C18H29NO3. The molecular weight excluding hydrogens is 278 g/mol. The van der Waals surface area contributed by atoms with Crippen molar-refractivity contribution in [2.75, 3.05) is 33.5 Å². The molecule has 1 atom stereocenters. The van der Waals surface area contributed by atoms with Gasteiger partial charge in [0.05, 0.1) is 20.3 Å². The molecule has 0 aromatic heterocycles. The summed E-state index contributed by atoms with van der Waals surface area (Å²) in [5, 5.41) is 3.38. The molecule has 0 radical (unpaired) electrons. The number of benzene rings is 1. The smallest absolute Gasteiger partial charge is 0.161 e. The minimum Gasteiger partial charge on any atom is -0.493 e. The SMILES string of the molecule is C=CCc1ccc(OCCOCCN[C@@H](C)CC)c(OC)c1. The van der Waals surface area contributed by atoms with Crippen molar-refractivity contribution in [2.24, 2.45) is 0 Å². The van der Waals surface area contributed by atoms with E-state index in [9.17, 15) is 0 Å². The van der Waals surface area contributed by atoms with Crippen molar-refractivity contribution in [1.29, 1.82) is 0 Å². The van der Waals surface area contributed by atoms with E-state index in [0.717, 1.165) is 36.4 Å². The van der Waals surface area contributed by atoms with Gasteiger partial charge >= 0.3 is 0 Å². The van der Waals surface area contributed by atoms with E-state index in [1.54, 1.807) is 7.11 Å². The van der Waals surface area contributed by atoms with Crippen LogP contribution in [0.15, 0.2) is 30.9 Å². The number of methoxy groups -OCH3 is 1. The van der Waals surface area contributed by atoms with E-state index in [1.165, 1.54) is 0 Å². The van der Waals surface area contributed by atoms with Gasteiger partial charge in [-0.15, -0.1) is 6.58 Å². The van der Waals surface area contributed by atoms with E-state index in [-0.39, 0.29) is 0 Å². The first kappa shape index (κ1) is 18.5. The lowest BCUT2D eigenvalue weighted by molar-refractivity contribution is 0.0994. The highest BCUT2D eigenvalue weighted by Crippen LogP contribution is 2.28. The third kappa shape index (κ3) is 6.96. The number of allylic oxidation sites excluding steroid dienone is 1. The van der Waals surface area contributed by atoms with E-state index in [4.69, 9.17) is 14.2 Å². The van der Waals surface area contributed by atoms with Crippen LogP contribution in [0.25, 0.3) is 0 Å². The topological polar surface area (TPSA) is 39.7 Å². The fraction of sp³-hybridized carbons (Fsp3) is 0.556. The minimum absolute atomic E-state index is 0.514. The average molecular weight is 307 g/mol. The summed E-state index contributed by atoms with van der Waals surface area (Å²) in [6.07, 6.45) is 3.82. The lowest BCUT2D eigenvalue weighted by atomic mass is 10.1. The zero-order valence-corrected chi connectivity index (χ0v) is 14.1. The molecule has 22 heavy (non-hydrogen) atoms. The second kappa shape index (κ2) is 11.1. The molecule has 1 N–H and O–H groups in total. The second-order valence-electron chi connectivity index (χ2n) is 5.20. The maximum Gasteiger partial charge on any atom is 0.161 e. The van der Waals surface area contributed by atoms with Gasteiger partial charge in [0.25, 0.3) is 0 Å². The lowest BCUT2D eigenvalue weighted by Gasteiger charge is -2.13. The standard InChI is InChI=1S/C18H29NO3/c1-5-7-16-8-9-17(18(14-16)20-4)22-13-12-21-11-10-19-15(3)6-2/h5,8-9,14-15,19H,1,6-7,10-13H2,2-4H3/t15-/m0/s1. The Morgan fingerprint density at radius 2 is 2.05 bits per heavy atom. The molecule has 1 rings (SSSR count). The van der Waals surface area contributed by atoms with E-state index < -0.39 is 0 Å². The Kier molecular flexibility index (Phi) is 9.35. The molecule has 0 saturated carbocycles. The van der Waals surface area contributed by atoms with Gasteiger partial charge in [-0.05, 0) is 37.5 Å². The summed E-state index contributed by atoms with van der Waals surface area (Å²) >= 11 is 0. The molecule has 0 fully saturated rings. The Morgan fingerprint density at radius 1 is 1.23 bits per heavy atom. The fourth-order valence-electron chi connectivity index (χ4n) is 1.96. The molecule has 124 valence electrons. The predicted molar refractivity (Wildman–Crippen MR) is 91.0 cm³/mol. The van der Waals surface area contributed by atoms with Crippen LogP contribution in [0.2, 0.25) is 0 Å². The minimum atomic E-state index is 0.514. The fourth-order valence-corrected chi connectivity index (χ4v) is 1.96. The van der Waals surface area contributed by atoms with E-state index >= 15 is 0 Å². The molecule has 0 heterocycles. The maximum absolute atomic E-state index is 5.71. The van der Waals surface area contributed by atoms with Crippen LogP contribution < -0.4 is 14.8 Å². The van der Waals surface area contributed by atoms with Crippen LogP contribution in [0, 0.1) is 0 Å². The first-order valence-corrected chi connectivity index (χ1v) is 7.93. The Labute approximate surface area is 134 Å². The third-order valence-electron chi connectivity index (χ3n) is 3.44. The third-order valence-corrected chi connectivity index (χ3v) is 3.44. The zero-order chi connectivity index (χ0) is 16.2. The highest BCUT2D eigenvalue weighted by atomic mass is 16.5. The summed E-state index contributed by atoms with van der Waals surface area (Å²) in [6, 6.07) is 6.48. The quantitative estimate of drug-likeness (QED) is 0.475. The van der Waals surface area contributed by atoms with Crippen molar-refractivity contribution in [3.8, 4) is 11.5 Å². The van der Waals surface area contributed by atoms with E-state index in [2.05, 4.69) is 25.7 Å². The monoisotopic (exact) mass is 307 g/mol. The molecule has 0 amide bonds. The van der Waals surface area contributed by atoms with Crippen molar-refractivity contribution < 1.29 is 14.2 Å². The molecule has 0 bridgehead atoms. The summed E-state index contributed by atoms with van der Waals surface area (Å²) in [6.45, 7) is 10.7.